The molecule has 3 atom stereocenters. The highest BCUT2D eigenvalue weighted by Gasteiger charge is 2.48. The Bertz CT molecular complexity index is 504. The Labute approximate surface area is 125 Å². The first kappa shape index (κ1) is 14.2. The van der Waals surface area contributed by atoms with Crippen molar-refractivity contribution in [3.05, 3.63) is 0 Å². The number of amides is 2. The molecule has 7 heteroatoms. The fourth-order valence-electron chi connectivity index (χ4n) is 2.79. The highest BCUT2D eigenvalue weighted by Crippen LogP contribution is 2.32. The number of carboxylic acids is 1. The second kappa shape index (κ2) is 5.54. The number of aliphatic carboxylic acids is 1. The van der Waals surface area contributed by atoms with Crippen molar-refractivity contribution in [2.45, 2.75) is 57.7 Å². The molecule has 2 saturated heterocycles. The van der Waals surface area contributed by atoms with Crippen LogP contribution in [0.5, 0.6) is 0 Å². The van der Waals surface area contributed by atoms with E-state index in [0.717, 1.165) is 0 Å². The standard InChI is InChI=1S/C14H22N2O5/c1-14(2,3)21-13(20)15-9-5-4-6-16-10(9)7-8(11(16)17)12(18)19/h8-10H,4-7H2,1-3H3,(H,15,20)(H,18,19)/t8-,9+,10-/m1/s1/i9D. The van der Waals surface area contributed by atoms with Gasteiger partial charge < -0.3 is 20.1 Å². The van der Waals surface area contributed by atoms with E-state index < -0.39 is 41.5 Å². The van der Waals surface area contributed by atoms with E-state index >= 15 is 0 Å². The predicted octanol–water partition coefficient (Wildman–Crippen LogP) is 0.975. The van der Waals surface area contributed by atoms with Crippen LogP contribution in [0.25, 0.3) is 0 Å². The van der Waals surface area contributed by atoms with Gasteiger partial charge in [-0.05, 0) is 40.0 Å². The number of ether oxygens (including phenoxy) is 1. The molecule has 7 nitrogen and oxygen atoms in total. The maximum absolute atomic E-state index is 12.1. The molecule has 0 radical (unpaired) electrons. The van der Waals surface area contributed by atoms with E-state index in [4.69, 9.17) is 11.2 Å². The van der Waals surface area contributed by atoms with Gasteiger partial charge in [-0.15, -0.1) is 0 Å². The van der Waals surface area contributed by atoms with Gasteiger partial charge in [0.2, 0.25) is 5.91 Å². The zero-order valence-electron chi connectivity index (χ0n) is 13.5. The molecule has 0 aromatic rings. The lowest BCUT2D eigenvalue weighted by Gasteiger charge is -2.37. The molecule has 21 heavy (non-hydrogen) atoms. The molecule has 0 aromatic carbocycles. The minimum absolute atomic E-state index is 0.0352. The number of piperidine rings is 1. The lowest BCUT2D eigenvalue weighted by molar-refractivity contribution is -0.147. The molecular formula is C14H22N2O5. The van der Waals surface area contributed by atoms with Gasteiger partial charge in [0.1, 0.15) is 11.5 Å². The van der Waals surface area contributed by atoms with Gasteiger partial charge in [-0.25, -0.2) is 4.79 Å². The number of hydrogen-bond acceptors (Lipinski definition) is 4. The normalized spacial score (nSPS) is 33.2. The lowest BCUT2D eigenvalue weighted by Crippen LogP contribution is -2.54. The van der Waals surface area contributed by atoms with Gasteiger partial charge in [-0.3, -0.25) is 9.59 Å². The van der Waals surface area contributed by atoms with Crippen LogP contribution in [0.1, 0.15) is 41.4 Å². The molecule has 0 bridgehead atoms. The number of nitrogens with one attached hydrogen (secondary N) is 1. The largest absolute Gasteiger partial charge is 0.481 e. The van der Waals surface area contributed by atoms with Crippen molar-refractivity contribution in [1.29, 1.82) is 0 Å². The van der Waals surface area contributed by atoms with Crippen LogP contribution in [0.4, 0.5) is 4.79 Å². The molecule has 2 fully saturated rings. The summed E-state index contributed by atoms with van der Waals surface area (Å²) in [5.74, 6) is -2.79. The van der Waals surface area contributed by atoms with Gasteiger partial charge in [-0.2, -0.15) is 0 Å². The molecular weight excluding hydrogens is 276 g/mol. The summed E-state index contributed by atoms with van der Waals surface area (Å²) in [6.45, 7) is 5.58. The molecule has 2 aliphatic heterocycles. The lowest BCUT2D eigenvalue weighted by atomic mass is 9.94. The van der Waals surface area contributed by atoms with Crippen molar-refractivity contribution < 1.29 is 25.6 Å². The van der Waals surface area contributed by atoms with Crippen molar-refractivity contribution >= 4 is 18.0 Å². The first-order valence-electron chi connectivity index (χ1n) is 7.58. The zero-order valence-corrected chi connectivity index (χ0v) is 12.5. The maximum Gasteiger partial charge on any atom is 0.407 e. The van der Waals surface area contributed by atoms with Crippen molar-refractivity contribution in [2.75, 3.05) is 6.54 Å². The van der Waals surface area contributed by atoms with Crippen LogP contribution in [0.2, 0.25) is 0 Å². The van der Waals surface area contributed by atoms with E-state index in [9.17, 15) is 14.4 Å². The fourth-order valence-corrected chi connectivity index (χ4v) is 2.79. The maximum atomic E-state index is 12.1. The quantitative estimate of drug-likeness (QED) is 0.741. The number of carboxylic acid groups (broad SMARTS) is 1. The summed E-state index contributed by atoms with van der Waals surface area (Å²) in [6.07, 6.45) is 0.199. The zero-order chi connectivity index (χ0) is 16.7. The van der Waals surface area contributed by atoms with Crippen LogP contribution in [0.3, 0.4) is 0 Å². The van der Waals surface area contributed by atoms with Crippen LogP contribution in [0, 0.1) is 5.92 Å². The molecule has 2 aliphatic rings. The van der Waals surface area contributed by atoms with Crippen LogP contribution in [-0.2, 0) is 14.3 Å². The van der Waals surface area contributed by atoms with Crippen molar-refractivity contribution in [2.24, 2.45) is 5.92 Å². The van der Waals surface area contributed by atoms with Gasteiger partial charge >= 0.3 is 12.1 Å². The summed E-state index contributed by atoms with van der Waals surface area (Å²) >= 11 is 0. The Morgan fingerprint density at radius 1 is 1.48 bits per heavy atom. The molecule has 118 valence electrons. The van der Waals surface area contributed by atoms with E-state index in [1.165, 1.54) is 4.90 Å². The first-order chi connectivity index (χ1) is 10.0. The summed E-state index contributed by atoms with van der Waals surface area (Å²) in [7, 11) is 0. The van der Waals surface area contributed by atoms with Crippen molar-refractivity contribution in [1.82, 2.24) is 10.2 Å². The van der Waals surface area contributed by atoms with E-state index in [1.54, 1.807) is 20.8 Å². The number of carbonyl (C=O) groups is 3. The second-order valence-electron chi connectivity index (χ2n) is 6.43. The number of fused-ring (bicyclic) bond motifs is 1. The van der Waals surface area contributed by atoms with Gasteiger partial charge in [-0.1, -0.05) is 0 Å². The van der Waals surface area contributed by atoms with E-state index in [1.807, 2.05) is 0 Å². The van der Waals surface area contributed by atoms with Gasteiger partial charge in [0.15, 0.2) is 0 Å². The topological polar surface area (TPSA) is 95.9 Å². The first-order valence-corrected chi connectivity index (χ1v) is 7.08. The third kappa shape index (κ3) is 3.46. The van der Waals surface area contributed by atoms with Crippen LogP contribution in [0.15, 0.2) is 0 Å². The van der Waals surface area contributed by atoms with Crippen molar-refractivity contribution in [3.63, 3.8) is 0 Å². The number of carbonyl (C=O) groups excluding carboxylic acids is 2. The molecule has 0 aliphatic carbocycles. The number of alkyl carbamates (subject to hydrolysis) is 1. The Morgan fingerprint density at radius 2 is 2.14 bits per heavy atom. The molecule has 0 unspecified atom stereocenters. The van der Waals surface area contributed by atoms with Crippen molar-refractivity contribution in [3.8, 4) is 0 Å². The molecule has 2 heterocycles. The number of rotatable bonds is 2. The van der Waals surface area contributed by atoms with Gasteiger partial charge in [0.05, 0.1) is 13.4 Å². The summed E-state index contributed by atoms with van der Waals surface area (Å²) < 4.78 is 13.7. The third-order valence-corrected chi connectivity index (χ3v) is 3.62. The van der Waals surface area contributed by atoms with E-state index in [2.05, 4.69) is 5.32 Å². The average Bonchev–Trinajstić information content (AvgIpc) is 2.66. The minimum Gasteiger partial charge on any atom is -0.481 e. The Morgan fingerprint density at radius 3 is 2.71 bits per heavy atom. The van der Waals surface area contributed by atoms with E-state index in [0.29, 0.717) is 19.4 Å². The Hall–Kier alpha value is -1.79. The minimum atomic E-state index is -1.42. The van der Waals surface area contributed by atoms with Crippen LogP contribution in [-0.4, -0.2) is 52.2 Å². The third-order valence-electron chi connectivity index (χ3n) is 3.62. The molecule has 0 spiro atoms. The van der Waals surface area contributed by atoms with Crippen LogP contribution >= 0.6 is 0 Å². The summed E-state index contributed by atoms with van der Waals surface area (Å²) in [4.78, 5) is 36.6. The Balaban J connectivity index is 2.15. The highest BCUT2D eigenvalue weighted by atomic mass is 16.6. The van der Waals surface area contributed by atoms with Gasteiger partial charge in [0.25, 0.3) is 0 Å². The summed E-state index contributed by atoms with van der Waals surface area (Å²) in [5, 5.41) is 11.6. The molecule has 2 rings (SSSR count). The molecule has 0 saturated carbocycles. The van der Waals surface area contributed by atoms with Crippen LogP contribution < -0.4 is 5.32 Å². The summed E-state index contributed by atoms with van der Waals surface area (Å²) in [6, 6.07) is -2.05. The highest BCUT2D eigenvalue weighted by molar-refractivity contribution is 5.99. The average molecular weight is 299 g/mol. The molecule has 2 N–H and O–H groups in total. The predicted molar refractivity (Wildman–Crippen MR) is 73.6 cm³/mol. The smallest absolute Gasteiger partial charge is 0.407 e. The summed E-state index contributed by atoms with van der Waals surface area (Å²) in [5.41, 5.74) is -0.691. The number of hydrogen-bond donors (Lipinski definition) is 2. The monoisotopic (exact) mass is 299 g/mol. The molecule has 0 aromatic heterocycles. The SMILES string of the molecule is [2H][C@]1(NC(=O)OC(C)(C)C)CCCN2C(=O)[C@H](C(=O)O)C[C@@H]21. The number of nitrogens with zero attached hydrogens (tertiary/aromatic N) is 1. The van der Waals surface area contributed by atoms with Gasteiger partial charge in [0, 0.05) is 6.54 Å². The second-order valence-corrected chi connectivity index (χ2v) is 6.43. The Kier molecular flexibility index (Phi) is 3.73. The molecule has 2 amide bonds. The fraction of sp³-hybridized carbons (Fsp3) is 0.786. The van der Waals surface area contributed by atoms with E-state index in [-0.39, 0.29) is 6.42 Å².